The van der Waals surface area contributed by atoms with Crippen molar-refractivity contribution in [2.45, 2.75) is 66.3 Å². The molecule has 0 aliphatic carbocycles. The Morgan fingerprint density at radius 3 is 2.32 bits per heavy atom. The predicted molar refractivity (Wildman–Crippen MR) is 76.1 cm³/mol. The van der Waals surface area contributed by atoms with Gasteiger partial charge in [0.1, 0.15) is 5.76 Å². The van der Waals surface area contributed by atoms with Gasteiger partial charge >= 0.3 is 0 Å². The first-order valence-electron chi connectivity index (χ1n) is 7.29. The lowest BCUT2D eigenvalue weighted by molar-refractivity contribution is 0.0860. The quantitative estimate of drug-likeness (QED) is 0.820. The Morgan fingerprint density at radius 1 is 1.32 bits per heavy atom. The van der Waals surface area contributed by atoms with Crippen molar-refractivity contribution >= 4 is 5.91 Å². The Bertz CT molecular complexity index is 400. The molecule has 1 aromatic heterocycles. The Morgan fingerprint density at radius 2 is 1.89 bits per heavy atom. The van der Waals surface area contributed by atoms with Crippen LogP contribution in [0, 0.1) is 5.41 Å². The molecule has 0 aliphatic heterocycles. The van der Waals surface area contributed by atoms with Gasteiger partial charge in [-0.15, -0.1) is 0 Å². The Balaban J connectivity index is 2.75. The van der Waals surface area contributed by atoms with E-state index in [-0.39, 0.29) is 17.4 Å². The van der Waals surface area contributed by atoms with Crippen LogP contribution in [0.15, 0.2) is 10.6 Å². The van der Waals surface area contributed by atoms with Crippen LogP contribution < -0.4 is 5.32 Å². The highest BCUT2D eigenvalue weighted by atomic mass is 16.5. The molecule has 0 radical (unpaired) electrons. The van der Waals surface area contributed by atoms with Crippen LogP contribution in [0.25, 0.3) is 0 Å². The third-order valence-electron chi connectivity index (χ3n) is 4.52. The molecule has 4 nitrogen and oxygen atoms in total. The molecule has 1 amide bonds. The number of aromatic nitrogens is 1. The number of nitrogens with zero attached hydrogens (tertiary/aromatic N) is 1. The van der Waals surface area contributed by atoms with Crippen molar-refractivity contribution < 1.29 is 9.32 Å². The Hall–Kier alpha value is -1.32. The number of aryl methyl sites for hydroxylation is 1. The van der Waals surface area contributed by atoms with Gasteiger partial charge in [-0.2, -0.15) is 0 Å². The van der Waals surface area contributed by atoms with Gasteiger partial charge in [-0.05, 0) is 31.6 Å². The standard InChI is InChI=1S/C15H26N2O2/c1-6-12-10-13(17-19-12)14(18)16-11(5)15(7-2,8-3)9-4/h10-11H,6-9H2,1-5H3,(H,16,18). The molecule has 1 N–H and O–H groups in total. The molecular formula is C15H26N2O2. The maximum absolute atomic E-state index is 12.1. The summed E-state index contributed by atoms with van der Waals surface area (Å²) in [6.07, 6.45) is 3.92. The van der Waals surface area contributed by atoms with E-state index in [2.05, 4.69) is 38.2 Å². The molecular weight excluding hydrogens is 240 g/mol. The van der Waals surface area contributed by atoms with E-state index in [0.29, 0.717) is 5.69 Å². The highest BCUT2D eigenvalue weighted by Crippen LogP contribution is 2.34. The van der Waals surface area contributed by atoms with Gasteiger partial charge in [0.25, 0.3) is 5.91 Å². The van der Waals surface area contributed by atoms with E-state index in [1.54, 1.807) is 6.07 Å². The van der Waals surface area contributed by atoms with Crippen LogP contribution in [0.2, 0.25) is 0 Å². The summed E-state index contributed by atoms with van der Waals surface area (Å²) in [5.41, 5.74) is 0.536. The molecule has 1 unspecified atom stereocenters. The van der Waals surface area contributed by atoms with E-state index in [0.717, 1.165) is 31.4 Å². The maximum Gasteiger partial charge on any atom is 0.273 e. The number of rotatable bonds is 7. The first kappa shape index (κ1) is 15.7. The maximum atomic E-state index is 12.1. The topological polar surface area (TPSA) is 55.1 Å². The molecule has 108 valence electrons. The van der Waals surface area contributed by atoms with Crippen LogP contribution in [0.4, 0.5) is 0 Å². The zero-order valence-electron chi connectivity index (χ0n) is 12.7. The van der Waals surface area contributed by atoms with E-state index >= 15 is 0 Å². The fraction of sp³-hybridized carbons (Fsp3) is 0.733. The van der Waals surface area contributed by atoms with Crippen LogP contribution in [0.5, 0.6) is 0 Å². The first-order valence-corrected chi connectivity index (χ1v) is 7.29. The summed E-state index contributed by atoms with van der Waals surface area (Å²) in [6.45, 7) is 10.6. The Labute approximate surface area is 115 Å². The molecule has 19 heavy (non-hydrogen) atoms. The Kier molecular flexibility index (Phi) is 5.58. The molecule has 0 bridgehead atoms. The summed E-state index contributed by atoms with van der Waals surface area (Å²) >= 11 is 0. The number of hydrogen-bond donors (Lipinski definition) is 1. The molecule has 0 spiro atoms. The summed E-state index contributed by atoms with van der Waals surface area (Å²) in [5, 5.41) is 6.88. The SMILES string of the molecule is CCc1cc(C(=O)NC(C)C(CC)(CC)CC)no1. The molecule has 4 heteroatoms. The minimum atomic E-state index is -0.143. The molecule has 0 fully saturated rings. The molecule has 0 aliphatic rings. The zero-order chi connectivity index (χ0) is 14.5. The van der Waals surface area contributed by atoms with Crippen LogP contribution >= 0.6 is 0 Å². The second kappa shape index (κ2) is 6.73. The van der Waals surface area contributed by atoms with Crippen molar-refractivity contribution in [2.24, 2.45) is 5.41 Å². The van der Waals surface area contributed by atoms with Crippen molar-refractivity contribution in [3.63, 3.8) is 0 Å². The predicted octanol–water partition coefficient (Wildman–Crippen LogP) is 3.57. The molecule has 0 saturated carbocycles. The van der Waals surface area contributed by atoms with Gasteiger partial charge < -0.3 is 9.84 Å². The van der Waals surface area contributed by atoms with E-state index in [9.17, 15) is 4.79 Å². The number of carbonyl (C=O) groups excluding carboxylic acids is 1. The van der Waals surface area contributed by atoms with Gasteiger partial charge in [0, 0.05) is 18.5 Å². The van der Waals surface area contributed by atoms with Crippen LogP contribution in [-0.4, -0.2) is 17.1 Å². The smallest absolute Gasteiger partial charge is 0.273 e. The fourth-order valence-corrected chi connectivity index (χ4v) is 2.68. The van der Waals surface area contributed by atoms with Gasteiger partial charge in [0.2, 0.25) is 0 Å². The number of nitrogens with one attached hydrogen (secondary N) is 1. The fourth-order valence-electron chi connectivity index (χ4n) is 2.68. The van der Waals surface area contributed by atoms with Crippen LogP contribution in [0.3, 0.4) is 0 Å². The lowest BCUT2D eigenvalue weighted by atomic mass is 9.74. The molecule has 1 rings (SSSR count). The van der Waals surface area contributed by atoms with Gasteiger partial charge in [-0.1, -0.05) is 32.9 Å². The molecule has 1 heterocycles. The number of hydrogen-bond acceptors (Lipinski definition) is 3. The minimum Gasteiger partial charge on any atom is -0.361 e. The van der Waals surface area contributed by atoms with E-state index in [1.165, 1.54) is 0 Å². The van der Waals surface area contributed by atoms with E-state index < -0.39 is 0 Å². The van der Waals surface area contributed by atoms with Crippen molar-refractivity contribution in [2.75, 3.05) is 0 Å². The highest BCUT2D eigenvalue weighted by Gasteiger charge is 2.32. The molecule has 1 aromatic rings. The van der Waals surface area contributed by atoms with Gasteiger partial charge in [-0.3, -0.25) is 4.79 Å². The zero-order valence-corrected chi connectivity index (χ0v) is 12.7. The largest absolute Gasteiger partial charge is 0.361 e. The third-order valence-corrected chi connectivity index (χ3v) is 4.52. The summed E-state index contributed by atoms with van der Waals surface area (Å²) in [5.74, 6) is 0.598. The van der Waals surface area contributed by atoms with E-state index in [4.69, 9.17) is 4.52 Å². The van der Waals surface area contributed by atoms with Crippen molar-refractivity contribution in [3.8, 4) is 0 Å². The second-order valence-corrected chi connectivity index (χ2v) is 5.15. The van der Waals surface area contributed by atoms with Crippen molar-refractivity contribution in [1.29, 1.82) is 0 Å². The lowest BCUT2D eigenvalue weighted by Crippen LogP contribution is -2.45. The molecule has 1 atom stereocenters. The third kappa shape index (κ3) is 3.37. The summed E-state index contributed by atoms with van der Waals surface area (Å²) < 4.78 is 5.07. The van der Waals surface area contributed by atoms with E-state index in [1.807, 2.05) is 6.92 Å². The average molecular weight is 266 g/mol. The average Bonchev–Trinajstić information content (AvgIpc) is 2.90. The summed E-state index contributed by atoms with van der Waals surface area (Å²) in [6, 6.07) is 1.84. The molecule has 0 saturated heterocycles. The van der Waals surface area contributed by atoms with Gasteiger partial charge in [-0.25, -0.2) is 0 Å². The van der Waals surface area contributed by atoms with Gasteiger partial charge in [0.15, 0.2) is 5.69 Å². The van der Waals surface area contributed by atoms with Crippen molar-refractivity contribution in [1.82, 2.24) is 10.5 Å². The number of amides is 1. The van der Waals surface area contributed by atoms with Gasteiger partial charge in [0.05, 0.1) is 0 Å². The highest BCUT2D eigenvalue weighted by molar-refractivity contribution is 5.92. The number of carbonyl (C=O) groups is 1. The minimum absolute atomic E-state index is 0.127. The van der Waals surface area contributed by atoms with Crippen LogP contribution in [-0.2, 0) is 6.42 Å². The molecule has 0 aromatic carbocycles. The monoisotopic (exact) mass is 266 g/mol. The summed E-state index contributed by atoms with van der Waals surface area (Å²) in [4.78, 5) is 12.1. The first-order chi connectivity index (χ1) is 9.02. The second-order valence-electron chi connectivity index (χ2n) is 5.15. The van der Waals surface area contributed by atoms with Crippen LogP contribution in [0.1, 0.15) is 70.1 Å². The normalized spacial score (nSPS) is 13.3. The lowest BCUT2D eigenvalue weighted by Gasteiger charge is -2.37. The van der Waals surface area contributed by atoms with Crippen molar-refractivity contribution in [3.05, 3.63) is 17.5 Å². The summed E-state index contributed by atoms with van der Waals surface area (Å²) in [7, 11) is 0.